The molecule has 0 aromatic heterocycles. The molecule has 2 rings (SSSR count). The van der Waals surface area contributed by atoms with Gasteiger partial charge in [-0.1, -0.05) is 6.07 Å². The Bertz CT molecular complexity index is 851. The quantitative estimate of drug-likeness (QED) is 0.509. The van der Waals surface area contributed by atoms with Gasteiger partial charge in [-0.3, -0.25) is 14.9 Å². The van der Waals surface area contributed by atoms with Gasteiger partial charge >= 0.3 is 5.97 Å². The van der Waals surface area contributed by atoms with Gasteiger partial charge in [-0.15, -0.1) is 0 Å². The number of ether oxygens (including phenoxy) is 1. The van der Waals surface area contributed by atoms with Crippen molar-refractivity contribution < 1.29 is 23.6 Å². The van der Waals surface area contributed by atoms with Gasteiger partial charge in [0.05, 0.1) is 10.5 Å². The first-order valence-corrected chi connectivity index (χ1v) is 7.26. The van der Waals surface area contributed by atoms with E-state index >= 15 is 0 Å². The minimum Gasteiger partial charge on any atom is -0.452 e. The van der Waals surface area contributed by atoms with Crippen LogP contribution in [-0.4, -0.2) is 23.4 Å². The molecule has 130 valence electrons. The van der Waals surface area contributed by atoms with Crippen LogP contribution in [0.2, 0.25) is 0 Å². The number of hydrogen-bond acceptors (Lipinski definition) is 5. The van der Waals surface area contributed by atoms with E-state index in [0.29, 0.717) is 11.1 Å². The zero-order valence-electron chi connectivity index (χ0n) is 13.5. The molecule has 25 heavy (non-hydrogen) atoms. The second kappa shape index (κ2) is 7.52. The first-order chi connectivity index (χ1) is 11.8. The number of hydrogen-bond donors (Lipinski definition) is 1. The zero-order valence-corrected chi connectivity index (χ0v) is 13.5. The van der Waals surface area contributed by atoms with Crippen LogP contribution in [-0.2, 0) is 9.53 Å². The Morgan fingerprint density at radius 2 is 1.88 bits per heavy atom. The Labute approximate surface area is 142 Å². The highest BCUT2D eigenvalue weighted by Crippen LogP contribution is 2.19. The molecule has 8 heteroatoms. The second-order valence-corrected chi connectivity index (χ2v) is 5.35. The van der Waals surface area contributed by atoms with Gasteiger partial charge in [0.2, 0.25) is 0 Å². The Morgan fingerprint density at radius 1 is 1.16 bits per heavy atom. The molecule has 0 saturated carbocycles. The van der Waals surface area contributed by atoms with Gasteiger partial charge < -0.3 is 10.1 Å². The number of amides is 1. The summed E-state index contributed by atoms with van der Waals surface area (Å²) in [4.78, 5) is 33.8. The molecule has 0 bridgehead atoms. The van der Waals surface area contributed by atoms with Crippen molar-refractivity contribution in [3.8, 4) is 0 Å². The number of esters is 1. The molecule has 0 aliphatic carbocycles. The molecule has 7 nitrogen and oxygen atoms in total. The summed E-state index contributed by atoms with van der Waals surface area (Å²) in [6.45, 7) is 2.52. The fraction of sp³-hybridized carbons (Fsp3) is 0.176. The standard InChI is InChI=1S/C17H15FN2O5/c1-10-3-5-13(8-14(10)18)19-16(21)9-25-17(22)12-4-6-15(20(23)24)11(2)7-12/h3-8H,9H2,1-2H3,(H,19,21). The fourth-order valence-corrected chi connectivity index (χ4v) is 2.07. The van der Waals surface area contributed by atoms with Crippen molar-refractivity contribution in [3.05, 3.63) is 69.0 Å². The minimum absolute atomic E-state index is 0.0947. The van der Waals surface area contributed by atoms with Crippen molar-refractivity contribution in [2.75, 3.05) is 11.9 Å². The maximum absolute atomic E-state index is 13.4. The summed E-state index contributed by atoms with van der Waals surface area (Å²) in [6.07, 6.45) is 0. The van der Waals surface area contributed by atoms with Crippen molar-refractivity contribution in [1.29, 1.82) is 0 Å². The Kier molecular flexibility index (Phi) is 5.43. The summed E-state index contributed by atoms with van der Waals surface area (Å²) in [6, 6.07) is 7.96. The Balaban J connectivity index is 1.95. The normalized spacial score (nSPS) is 10.2. The number of nitrogens with one attached hydrogen (secondary N) is 1. The van der Waals surface area contributed by atoms with Crippen LogP contribution in [0.15, 0.2) is 36.4 Å². The van der Waals surface area contributed by atoms with E-state index in [4.69, 9.17) is 4.74 Å². The maximum atomic E-state index is 13.4. The van der Waals surface area contributed by atoms with Crippen LogP contribution in [0.3, 0.4) is 0 Å². The molecule has 0 spiro atoms. The topological polar surface area (TPSA) is 98.5 Å². The molecular formula is C17H15FN2O5. The van der Waals surface area contributed by atoms with E-state index in [1.165, 1.54) is 37.3 Å². The van der Waals surface area contributed by atoms with Crippen molar-refractivity contribution in [3.63, 3.8) is 0 Å². The smallest absolute Gasteiger partial charge is 0.338 e. The SMILES string of the molecule is Cc1ccc(NC(=O)COC(=O)c2ccc([N+](=O)[O-])c(C)c2)cc1F. The molecule has 1 amide bonds. The van der Waals surface area contributed by atoms with Crippen LogP contribution in [0.5, 0.6) is 0 Å². The van der Waals surface area contributed by atoms with Gasteiger partial charge in [-0.2, -0.15) is 0 Å². The van der Waals surface area contributed by atoms with Crippen molar-refractivity contribution in [2.45, 2.75) is 13.8 Å². The first kappa shape index (κ1) is 18.1. The molecular weight excluding hydrogens is 331 g/mol. The van der Waals surface area contributed by atoms with Gasteiger partial charge in [0.15, 0.2) is 6.61 Å². The largest absolute Gasteiger partial charge is 0.452 e. The summed E-state index contributed by atoms with van der Waals surface area (Å²) in [5.74, 6) is -1.88. The van der Waals surface area contributed by atoms with E-state index in [0.717, 1.165) is 6.07 Å². The van der Waals surface area contributed by atoms with E-state index in [1.807, 2.05) is 0 Å². The van der Waals surface area contributed by atoms with Crippen LogP contribution in [0.1, 0.15) is 21.5 Å². The van der Waals surface area contributed by atoms with Crippen LogP contribution >= 0.6 is 0 Å². The van der Waals surface area contributed by atoms with E-state index in [2.05, 4.69) is 5.32 Å². The van der Waals surface area contributed by atoms with Crippen molar-refractivity contribution in [2.24, 2.45) is 0 Å². The third-order valence-electron chi connectivity index (χ3n) is 3.42. The summed E-state index contributed by atoms with van der Waals surface area (Å²) in [5, 5.41) is 13.2. The summed E-state index contributed by atoms with van der Waals surface area (Å²) < 4.78 is 18.3. The maximum Gasteiger partial charge on any atom is 0.338 e. The van der Waals surface area contributed by atoms with E-state index < -0.39 is 29.2 Å². The van der Waals surface area contributed by atoms with E-state index in [-0.39, 0.29) is 16.9 Å². The van der Waals surface area contributed by atoms with Gasteiger partial charge in [-0.05, 0) is 43.7 Å². The lowest BCUT2D eigenvalue weighted by molar-refractivity contribution is -0.385. The monoisotopic (exact) mass is 346 g/mol. The molecule has 2 aromatic carbocycles. The van der Waals surface area contributed by atoms with Gasteiger partial charge in [0.25, 0.3) is 11.6 Å². The number of nitro benzene ring substituents is 1. The number of benzene rings is 2. The molecule has 1 N–H and O–H groups in total. The third-order valence-corrected chi connectivity index (χ3v) is 3.42. The van der Waals surface area contributed by atoms with Crippen molar-refractivity contribution in [1.82, 2.24) is 0 Å². The molecule has 2 aromatic rings. The lowest BCUT2D eigenvalue weighted by Crippen LogP contribution is -2.21. The van der Waals surface area contributed by atoms with Crippen LogP contribution in [0, 0.1) is 29.8 Å². The summed E-state index contributed by atoms with van der Waals surface area (Å²) in [5.41, 5.74) is 0.973. The molecule has 0 fully saturated rings. The van der Waals surface area contributed by atoms with Crippen LogP contribution in [0.25, 0.3) is 0 Å². The van der Waals surface area contributed by atoms with E-state index in [1.54, 1.807) is 6.92 Å². The molecule has 0 saturated heterocycles. The van der Waals surface area contributed by atoms with Crippen molar-refractivity contribution >= 4 is 23.3 Å². The molecule has 0 aliphatic rings. The highest BCUT2D eigenvalue weighted by Gasteiger charge is 2.16. The minimum atomic E-state index is -0.789. The van der Waals surface area contributed by atoms with Crippen LogP contribution < -0.4 is 5.32 Å². The molecule has 0 radical (unpaired) electrons. The number of carbonyl (C=O) groups excluding carboxylic acids is 2. The van der Waals surface area contributed by atoms with E-state index in [9.17, 15) is 24.1 Å². The number of carbonyl (C=O) groups is 2. The second-order valence-electron chi connectivity index (χ2n) is 5.35. The predicted molar refractivity (Wildman–Crippen MR) is 87.9 cm³/mol. The molecule has 0 heterocycles. The molecule has 0 atom stereocenters. The number of nitrogens with zero attached hydrogens (tertiary/aromatic N) is 1. The highest BCUT2D eigenvalue weighted by molar-refractivity contribution is 5.95. The molecule has 0 unspecified atom stereocenters. The Hall–Kier alpha value is -3.29. The van der Waals surface area contributed by atoms with Crippen LogP contribution in [0.4, 0.5) is 15.8 Å². The number of aryl methyl sites for hydroxylation is 2. The number of nitro groups is 1. The predicted octanol–water partition coefficient (Wildman–Crippen LogP) is 3.15. The zero-order chi connectivity index (χ0) is 18.6. The number of rotatable bonds is 5. The Morgan fingerprint density at radius 3 is 2.48 bits per heavy atom. The number of anilines is 1. The highest BCUT2D eigenvalue weighted by atomic mass is 19.1. The summed E-state index contributed by atoms with van der Waals surface area (Å²) in [7, 11) is 0. The molecule has 0 aliphatic heterocycles. The summed E-state index contributed by atoms with van der Waals surface area (Å²) >= 11 is 0. The lowest BCUT2D eigenvalue weighted by atomic mass is 10.1. The lowest BCUT2D eigenvalue weighted by Gasteiger charge is -2.08. The van der Waals surface area contributed by atoms with Gasteiger partial charge in [0, 0.05) is 17.3 Å². The average molecular weight is 346 g/mol. The van der Waals surface area contributed by atoms with Gasteiger partial charge in [-0.25, -0.2) is 9.18 Å². The fourth-order valence-electron chi connectivity index (χ4n) is 2.07. The third kappa shape index (κ3) is 4.60. The average Bonchev–Trinajstić information content (AvgIpc) is 2.55. The number of halogens is 1. The first-order valence-electron chi connectivity index (χ1n) is 7.26. The van der Waals surface area contributed by atoms with Gasteiger partial charge in [0.1, 0.15) is 5.82 Å².